The molecule has 1 N–H and O–H groups in total. The first kappa shape index (κ1) is 19.9. The van der Waals surface area contributed by atoms with Crippen molar-refractivity contribution < 1.29 is 17.9 Å². The minimum absolute atomic E-state index is 0.00776. The number of methoxy groups -OCH3 is 1. The summed E-state index contributed by atoms with van der Waals surface area (Å²) in [6.45, 7) is 1.93. The van der Waals surface area contributed by atoms with Crippen molar-refractivity contribution in [3.8, 4) is 5.75 Å². The van der Waals surface area contributed by atoms with Gasteiger partial charge in [-0.1, -0.05) is 29.3 Å². The third-order valence-electron chi connectivity index (χ3n) is 4.12. The Hall–Kier alpha value is -2.83. The van der Waals surface area contributed by atoms with Crippen LogP contribution < -0.4 is 10.1 Å². The maximum atomic E-state index is 12.9. The minimum atomic E-state index is -3.81. The molecule has 0 unspecified atom stereocenters. The standard InChI is InChI=1S/C21H18ClNO4S/c1-14-3-5-15(6-4-14)21(24)23-17-11-18(27-2)13-20(12-17)28(25,26)19-9-7-16(22)8-10-19/h3-13H,1-2H3,(H,23,24). The van der Waals surface area contributed by atoms with Crippen LogP contribution in [0.5, 0.6) is 5.75 Å². The first-order valence-corrected chi connectivity index (χ1v) is 10.2. The second-order valence-electron chi connectivity index (χ2n) is 6.17. The van der Waals surface area contributed by atoms with E-state index in [1.54, 1.807) is 18.2 Å². The van der Waals surface area contributed by atoms with Crippen molar-refractivity contribution >= 4 is 33.0 Å². The Kier molecular flexibility index (Phi) is 5.72. The SMILES string of the molecule is COc1cc(NC(=O)c2ccc(C)cc2)cc(S(=O)(=O)c2ccc(Cl)cc2)c1. The van der Waals surface area contributed by atoms with Crippen LogP contribution in [0.1, 0.15) is 15.9 Å². The first-order valence-electron chi connectivity index (χ1n) is 8.37. The number of carbonyl (C=O) groups excluding carboxylic acids is 1. The molecule has 0 fully saturated rings. The minimum Gasteiger partial charge on any atom is -0.497 e. The van der Waals surface area contributed by atoms with Crippen LogP contribution in [0.2, 0.25) is 5.02 Å². The summed E-state index contributed by atoms with van der Waals surface area (Å²) in [4.78, 5) is 12.6. The quantitative estimate of drug-likeness (QED) is 0.653. The van der Waals surface area contributed by atoms with Crippen LogP contribution in [0.3, 0.4) is 0 Å². The van der Waals surface area contributed by atoms with E-state index in [1.807, 2.05) is 19.1 Å². The highest BCUT2D eigenvalue weighted by Crippen LogP contribution is 2.29. The molecular formula is C21H18ClNO4S. The molecule has 0 aliphatic rings. The summed E-state index contributed by atoms with van der Waals surface area (Å²) in [5.41, 5.74) is 1.82. The third kappa shape index (κ3) is 4.35. The molecule has 144 valence electrons. The van der Waals surface area contributed by atoms with Gasteiger partial charge in [-0.15, -0.1) is 0 Å². The number of nitrogens with one attached hydrogen (secondary N) is 1. The Bertz CT molecular complexity index is 1110. The average molecular weight is 416 g/mol. The van der Waals surface area contributed by atoms with Crippen molar-refractivity contribution in [2.45, 2.75) is 16.7 Å². The topological polar surface area (TPSA) is 72.5 Å². The molecule has 5 nitrogen and oxygen atoms in total. The van der Waals surface area contributed by atoms with Gasteiger partial charge in [-0.25, -0.2) is 8.42 Å². The average Bonchev–Trinajstić information content (AvgIpc) is 2.68. The number of anilines is 1. The predicted octanol–water partition coefficient (Wildman–Crippen LogP) is 4.74. The summed E-state index contributed by atoms with van der Waals surface area (Å²) in [7, 11) is -2.38. The molecule has 3 aromatic rings. The number of ether oxygens (including phenoxy) is 1. The fraction of sp³-hybridized carbons (Fsp3) is 0.0952. The molecule has 0 aromatic heterocycles. The van der Waals surface area contributed by atoms with Gasteiger partial charge in [-0.3, -0.25) is 4.79 Å². The number of sulfone groups is 1. The fourth-order valence-corrected chi connectivity index (χ4v) is 4.02. The van der Waals surface area contributed by atoms with Gasteiger partial charge in [0.25, 0.3) is 5.91 Å². The van der Waals surface area contributed by atoms with Crippen molar-refractivity contribution in [1.29, 1.82) is 0 Å². The van der Waals surface area contributed by atoms with Gasteiger partial charge in [-0.05, 0) is 55.5 Å². The van der Waals surface area contributed by atoms with Gasteiger partial charge in [0.05, 0.1) is 16.9 Å². The van der Waals surface area contributed by atoms with E-state index in [0.29, 0.717) is 22.0 Å². The molecule has 3 aromatic carbocycles. The molecule has 0 spiro atoms. The lowest BCUT2D eigenvalue weighted by molar-refractivity contribution is 0.102. The van der Waals surface area contributed by atoms with E-state index < -0.39 is 9.84 Å². The van der Waals surface area contributed by atoms with Gasteiger partial charge in [0.15, 0.2) is 0 Å². The number of amides is 1. The molecule has 0 radical (unpaired) electrons. The molecule has 3 rings (SSSR count). The molecule has 0 aliphatic heterocycles. The van der Waals surface area contributed by atoms with Gasteiger partial charge in [0.2, 0.25) is 9.84 Å². The highest BCUT2D eigenvalue weighted by atomic mass is 35.5. The second kappa shape index (κ2) is 8.04. The molecule has 0 heterocycles. The second-order valence-corrected chi connectivity index (χ2v) is 8.56. The zero-order chi connectivity index (χ0) is 20.3. The number of halogens is 1. The van der Waals surface area contributed by atoms with Gasteiger partial charge in [0, 0.05) is 22.3 Å². The van der Waals surface area contributed by atoms with Crippen LogP contribution in [0.25, 0.3) is 0 Å². The fourth-order valence-electron chi connectivity index (χ4n) is 2.57. The van der Waals surface area contributed by atoms with Gasteiger partial charge in [-0.2, -0.15) is 0 Å². The number of carbonyl (C=O) groups is 1. The van der Waals surface area contributed by atoms with E-state index in [4.69, 9.17) is 16.3 Å². The van der Waals surface area contributed by atoms with Crippen LogP contribution in [-0.4, -0.2) is 21.4 Å². The van der Waals surface area contributed by atoms with Crippen molar-refractivity contribution in [2.24, 2.45) is 0 Å². The normalized spacial score (nSPS) is 11.1. The van der Waals surface area contributed by atoms with Crippen LogP contribution in [0, 0.1) is 6.92 Å². The molecule has 7 heteroatoms. The smallest absolute Gasteiger partial charge is 0.255 e. The van der Waals surface area contributed by atoms with Gasteiger partial charge < -0.3 is 10.1 Å². The molecule has 0 atom stereocenters. The van der Waals surface area contributed by atoms with E-state index in [0.717, 1.165) is 5.56 Å². The maximum absolute atomic E-state index is 12.9. The molecule has 0 bridgehead atoms. The Balaban J connectivity index is 1.97. The van der Waals surface area contributed by atoms with E-state index in [2.05, 4.69) is 5.32 Å². The maximum Gasteiger partial charge on any atom is 0.255 e. The lowest BCUT2D eigenvalue weighted by Gasteiger charge is -2.11. The largest absolute Gasteiger partial charge is 0.497 e. The lowest BCUT2D eigenvalue weighted by atomic mass is 10.1. The van der Waals surface area contributed by atoms with E-state index in [1.165, 1.54) is 43.5 Å². The van der Waals surface area contributed by atoms with Crippen molar-refractivity contribution in [1.82, 2.24) is 0 Å². The van der Waals surface area contributed by atoms with Crippen LogP contribution in [0.4, 0.5) is 5.69 Å². The number of benzene rings is 3. The van der Waals surface area contributed by atoms with Crippen LogP contribution >= 0.6 is 11.6 Å². The summed E-state index contributed by atoms with van der Waals surface area (Å²) in [6, 6.07) is 17.3. The molecule has 28 heavy (non-hydrogen) atoms. The Morgan fingerprint density at radius 2 is 1.57 bits per heavy atom. The molecule has 0 saturated heterocycles. The lowest BCUT2D eigenvalue weighted by Crippen LogP contribution is -2.12. The molecule has 1 amide bonds. The highest BCUT2D eigenvalue weighted by molar-refractivity contribution is 7.91. The number of hydrogen-bond acceptors (Lipinski definition) is 4. The summed E-state index contributed by atoms with van der Waals surface area (Å²) >= 11 is 5.84. The number of rotatable bonds is 5. The zero-order valence-electron chi connectivity index (χ0n) is 15.3. The summed E-state index contributed by atoms with van der Waals surface area (Å²) in [6.07, 6.45) is 0. The van der Waals surface area contributed by atoms with Gasteiger partial charge in [0.1, 0.15) is 5.75 Å². The molecule has 0 aliphatic carbocycles. The van der Waals surface area contributed by atoms with E-state index in [9.17, 15) is 13.2 Å². The Morgan fingerprint density at radius 1 is 0.929 bits per heavy atom. The highest BCUT2D eigenvalue weighted by Gasteiger charge is 2.20. The number of hydrogen-bond donors (Lipinski definition) is 1. The van der Waals surface area contributed by atoms with Crippen molar-refractivity contribution in [3.05, 3.63) is 82.9 Å². The summed E-state index contributed by atoms with van der Waals surface area (Å²) in [5.74, 6) is -0.0302. The monoisotopic (exact) mass is 415 g/mol. The van der Waals surface area contributed by atoms with Gasteiger partial charge >= 0.3 is 0 Å². The van der Waals surface area contributed by atoms with Crippen molar-refractivity contribution in [2.75, 3.05) is 12.4 Å². The summed E-state index contributed by atoms with van der Waals surface area (Å²) < 4.78 is 31.1. The Labute approximate surface area is 168 Å². The Morgan fingerprint density at radius 3 is 2.18 bits per heavy atom. The molecular weight excluding hydrogens is 398 g/mol. The number of aryl methyl sites for hydroxylation is 1. The van der Waals surface area contributed by atoms with Crippen LogP contribution in [-0.2, 0) is 9.84 Å². The zero-order valence-corrected chi connectivity index (χ0v) is 16.8. The first-order chi connectivity index (χ1) is 13.3. The van der Waals surface area contributed by atoms with E-state index >= 15 is 0 Å². The third-order valence-corrected chi connectivity index (χ3v) is 6.12. The molecule has 0 saturated carbocycles. The van der Waals surface area contributed by atoms with E-state index in [-0.39, 0.29) is 15.7 Å². The van der Waals surface area contributed by atoms with Crippen LogP contribution in [0.15, 0.2) is 76.5 Å². The van der Waals surface area contributed by atoms with Crippen molar-refractivity contribution in [3.63, 3.8) is 0 Å². The summed E-state index contributed by atoms with van der Waals surface area (Å²) in [5, 5.41) is 3.16. The predicted molar refractivity (Wildman–Crippen MR) is 109 cm³/mol.